The third kappa shape index (κ3) is 4.49. The quantitative estimate of drug-likeness (QED) is 0.339. The highest BCUT2D eigenvalue weighted by Gasteiger charge is 2.16. The largest absolute Gasteiger partial charge is 0.324 e. The summed E-state index contributed by atoms with van der Waals surface area (Å²) in [7, 11) is 0. The Kier molecular flexibility index (Phi) is 6.21. The number of hydrogen-bond donors (Lipinski definition) is 1. The average molecular weight is 465 g/mol. The second kappa shape index (κ2) is 9.22. The highest BCUT2D eigenvalue weighted by atomic mass is 35.5. The maximum atomic E-state index is 13.4. The number of nitrogens with one attached hydrogen (secondary N) is 1. The smallest absolute Gasteiger partial charge is 0.266 e. The Bertz CT molecular complexity index is 1430. The van der Waals surface area contributed by atoms with E-state index in [9.17, 15) is 19.2 Å². The van der Waals surface area contributed by atoms with Gasteiger partial charge in [0.25, 0.3) is 5.56 Å². The third-order valence-electron chi connectivity index (χ3n) is 4.54. The lowest BCUT2D eigenvalue weighted by Crippen LogP contribution is -2.23. The number of carbonyl (C=O) groups is 1. The second-order valence-corrected chi connectivity index (χ2v) is 8.05. The summed E-state index contributed by atoms with van der Waals surface area (Å²) in [6.07, 6.45) is 0. The molecule has 9 heteroatoms. The summed E-state index contributed by atoms with van der Waals surface area (Å²) in [6, 6.07) is 18.9. The number of fused-ring (bicyclic) bond motifs is 1. The molecule has 0 aliphatic carbocycles. The van der Waals surface area contributed by atoms with Crippen molar-refractivity contribution in [1.82, 2.24) is 9.55 Å². The van der Waals surface area contributed by atoms with Crippen molar-refractivity contribution in [2.24, 2.45) is 0 Å². The van der Waals surface area contributed by atoms with E-state index in [4.69, 9.17) is 11.6 Å². The number of aromatic nitrogens is 2. The minimum atomic E-state index is -0.432. The predicted octanol–water partition coefficient (Wildman–Crippen LogP) is 4.78. The topological polar surface area (TPSA) is 87.8 Å². The van der Waals surface area contributed by atoms with Crippen LogP contribution in [-0.4, -0.2) is 21.2 Å². The van der Waals surface area contributed by atoms with E-state index < -0.39 is 11.7 Å². The second-order valence-electron chi connectivity index (χ2n) is 6.67. The van der Waals surface area contributed by atoms with Crippen LogP contribution < -0.4 is 10.9 Å². The molecule has 1 amide bonds. The molecule has 0 aliphatic heterocycles. The maximum Gasteiger partial charge on any atom is 0.266 e. The molecule has 158 valence electrons. The monoisotopic (exact) mass is 464 g/mol. The summed E-state index contributed by atoms with van der Waals surface area (Å²) in [5.74, 6) is -0.913. The number of halogens is 2. The van der Waals surface area contributed by atoms with E-state index in [0.29, 0.717) is 27.3 Å². The summed E-state index contributed by atoms with van der Waals surface area (Å²) in [5.41, 5.74) is 1.17. The summed E-state index contributed by atoms with van der Waals surface area (Å²) in [6.45, 7) is 0. The standard InChI is InChI=1S/C23H14ClFN4O2S/c24-15-6-5-14(12-26)20(11-15)27-21(30)13-32-23-28-19-4-2-1-3-18(19)22(31)29(23)17-9-7-16(25)8-10-17/h1-11H,13H2,(H,27,30). The van der Waals surface area contributed by atoms with Gasteiger partial charge in [-0.2, -0.15) is 5.26 Å². The van der Waals surface area contributed by atoms with Gasteiger partial charge >= 0.3 is 0 Å². The lowest BCUT2D eigenvalue weighted by Gasteiger charge is -2.13. The van der Waals surface area contributed by atoms with E-state index in [2.05, 4.69) is 10.3 Å². The van der Waals surface area contributed by atoms with Gasteiger partial charge in [0.15, 0.2) is 5.16 Å². The van der Waals surface area contributed by atoms with Crippen molar-refractivity contribution >= 4 is 45.9 Å². The zero-order valence-electron chi connectivity index (χ0n) is 16.4. The number of amides is 1. The molecule has 1 aromatic heterocycles. The number of benzene rings is 3. The first kappa shape index (κ1) is 21.6. The van der Waals surface area contributed by atoms with Crippen LogP contribution >= 0.6 is 23.4 Å². The zero-order chi connectivity index (χ0) is 22.7. The van der Waals surface area contributed by atoms with Gasteiger partial charge in [0.2, 0.25) is 5.91 Å². The molecule has 1 N–H and O–H groups in total. The highest BCUT2D eigenvalue weighted by Crippen LogP contribution is 2.24. The lowest BCUT2D eigenvalue weighted by molar-refractivity contribution is -0.113. The first-order valence-corrected chi connectivity index (χ1v) is 10.7. The molecule has 0 aliphatic rings. The Hall–Kier alpha value is -3.67. The normalized spacial score (nSPS) is 10.7. The van der Waals surface area contributed by atoms with Gasteiger partial charge in [0, 0.05) is 5.02 Å². The number of carbonyl (C=O) groups excluding carboxylic acids is 1. The average Bonchev–Trinajstić information content (AvgIpc) is 2.79. The van der Waals surface area contributed by atoms with Crippen LogP contribution in [0.5, 0.6) is 0 Å². The molecule has 0 fully saturated rings. The Morgan fingerprint density at radius 3 is 2.66 bits per heavy atom. The molecule has 0 saturated heterocycles. The van der Waals surface area contributed by atoms with Crippen LogP contribution in [0.4, 0.5) is 10.1 Å². The molecule has 0 spiro atoms. The molecule has 0 radical (unpaired) electrons. The summed E-state index contributed by atoms with van der Waals surface area (Å²) in [5, 5.41) is 12.9. The van der Waals surface area contributed by atoms with E-state index in [1.54, 1.807) is 30.3 Å². The SMILES string of the molecule is N#Cc1ccc(Cl)cc1NC(=O)CSc1nc2ccccc2c(=O)n1-c1ccc(F)cc1. The molecule has 0 bridgehead atoms. The fraction of sp³-hybridized carbons (Fsp3) is 0.0435. The van der Waals surface area contributed by atoms with Gasteiger partial charge in [-0.25, -0.2) is 9.37 Å². The minimum absolute atomic E-state index is 0.0800. The molecular formula is C23H14ClFN4O2S. The van der Waals surface area contributed by atoms with Crippen LogP contribution in [0.15, 0.2) is 76.7 Å². The van der Waals surface area contributed by atoms with Gasteiger partial charge < -0.3 is 5.32 Å². The van der Waals surface area contributed by atoms with Gasteiger partial charge in [-0.1, -0.05) is 35.5 Å². The van der Waals surface area contributed by atoms with Crippen molar-refractivity contribution in [1.29, 1.82) is 5.26 Å². The van der Waals surface area contributed by atoms with Gasteiger partial charge in [0.05, 0.1) is 33.6 Å². The maximum absolute atomic E-state index is 13.4. The van der Waals surface area contributed by atoms with Crippen molar-refractivity contribution in [3.63, 3.8) is 0 Å². The van der Waals surface area contributed by atoms with Crippen molar-refractivity contribution < 1.29 is 9.18 Å². The first-order chi connectivity index (χ1) is 15.5. The van der Waals surface area contributed by atoms with E-state index >= 15 is 0 Å². The van der Waals surface area contributed by atoms with Gasteiger partial charge in [-0.05, 0) is 54.6 Å². The van der Waals surface area contributed by atoms with Crippen molar-refractivity contribution in [2.45, 2.75) is 5.16 Å². The van der Waals surface area contributed by atoms with Crippen molar-refractivity contribution in [2.75, 3.05) is 11.1 Å². The number of nitrogens with zero attached hydrogens (tertiary/aromatic N) is 3. The Labute approximate surface area is 191 Å². The van der Waals surface area contributed by atoms with Gasteiger partial charge in [-0.3, -0.25) is 14.2 Å². The minimum Gasteiger partial charge on any atom is -0.324 e. The summed E-state index contributed by atoms with van der Waals surface area (Å²) >= 11 is 7.01. The van der Waals surface area contributed by atoms with Crippen LogP contribution in [0.3, 0.4) is 0 Å². The molecule has 6 nitrogen and oxygen atoms in total. The molecule has 0 saturated carbocycles. The fourth-order valence-corrected chi connectivity index (χ4v) is 4.05. The van der Waals surface area contributed by atoms with Crippen molar-refractivity contribution in [3.8, 4) is 11.8 Å². The number of anilines is 1. The summed E-state index contributed by atoms with van der Waals surface area (Å²) in [4.78, 5) is 30.3. The number of para-hydroxylation sites is 1. The van der Waals surface area contributed by atoms with Crippen LogP contribution in [0.2, 0.25) is 5.02 Å². The molecule has 4 aromatic rings. The Morgan fingerprint density at radius 1 is 1.16 bits per heavy atom. The zero-order valence-corrected chi connectivity index (χ0v) is 18.0. The lowest BCUT2D eigenvalue weighted by atomic mass is 10.2. The first-order valence-electron chi connectivity index (χ1n) is 9.36. The fourth-order valence-electron chi connectivity index (χ4n) is 3.06. The van der Waals surface area contributed by atoms with Gasteiger partial charge in [-0.15, -0.1) is 0 Å². The molecule has 3 aromatic carbocycles. The van der Waals surface area contributed by atoms with Gasteiger partial charge in [0.1, 0.15) is 11.9 Å². The number of rotatable bonds is 5. The van der Waals surface area contributed by atoms with E-state index in [1.807, 2.05) is 6.07 Å². The number of thioether (sulfide) groups is 1. The number of hydrogen-bond acceptors (Lipinski definition) is 5. The Balaban J connectivity index is 1.67. The molecule has 1 heterocycles. The van der Waals surface area contributed by atoms with E-state index in [-0.39, 0.29) is 22.0 Å². The van der Waals surface area contributed by atoms with Crippen LogP contribution in [0.25, 0.3) is 16.6 Å². The van der Waals surface area contributed by atoms with Crippen LogP contribution in [0, 0.1) is 17.1 Å². The molecule has 0 unspecified atom stereocenters. The van der Waals surface area contributed by atoms with E-state index in [0.717, 1.165) is 11.8 Å². The number of nitriles is 1. The third-order valence-corrected chi connectivity index (χ3v) is 5.71. The van der Waals surface area contributed by atoms with E-state index in [1.165, 1.54) is 41.0 Å². The summed E-state index contributed by atoms with van der Waals surface area (Å²) < 4.78 is 14.8. The van der Waals surface area contributed by atoms with Crippen LogP contribution in [-0.2, 0) is 4.79 Å². The molecule has 32 heavy (non-hydrogen) atoms. The molecule has 4 rings (SSSR count). The van der Waals surface area contributed by atoms with Crippen molar-refractivity contribution in [3.05, 3.63) is 93.5 Å². The Morgan fingerprint density at radius 2 is 1.91 bits per heavy atom. The predicted molar refractivity (Wildman–Crippen MR) is 123 cm³/mol. The highest BCUT2D eigenvalue weighted by molar-refractivity contribution is 7.99. The van der Waals surface area contributed by atoms with Crippen LogP contribution in [0.1, 0.15) is 5.56 Å². The molecule has 0 atom stereocenters. The molecular weight excluding hydrogens is 451 g/mol.